The molecule has 0 atom stereocenters. The zero-order valence-corrected chi connectivity index (χ0v) is 11.6. The molecule has 3 rings (SSSR count). The van der Waals surface area contributed by atoms with Crippen molar-refractivity contribution in [3.05, 3.63) is 58.8 Å². The van der Waals surface area contributed by atoms with E-state index in [0.717, 1.165) is 5.56 Å². The third kappa shape index (κ3) is 2.86. The summed E-state index contributed by atoms with van der Waals surface area (Å²) in [5.41, 5.74) is 1.45. The van der Waals surface area contributed by atoms with Crippen LogP contribution in [0.4, 0.5) is 0 Å². The third-order valence-corrected chi connectivity index (χ3v) is 4.32. The van der Waals surface area contributed by atoms with E-state index < -0.39 is 15.8 Å². The van der Waals surface area contributed by atoms with Gasteiger partial charge in [0.15, 0.2) is 5.58 Å². The van der Waals surface area contributed by atoms with Crippen molar-refractivity contribution in [2.24, 2.45) is 0 Å². The van der Waals surface area contributed by atoms with Gasteiger partial charge in [0.2, 0.25) is 10.0 Å². The van der Waals surface area contributed by atoms with Crippen molar-refractivity contribution in [3.8, 4) is 0 Å². The minimum atomic E-state index is -3.67. The van der Waals surface area contributed by atoms with Gasteiger partial charge in [0.05, 0.1) is 10.4 Å². The fraction of sp³-hybridized carbons (Fsp3) is 0.0769. The third-order valence-electron chi connectivity index (χ3n) is 2.92. The van der Waals surface area contributed by atoms with Gasteiger partial charge in [0, 0.05) is 18.9 Å². The molecule has 7 nitrogen and oxygen atoms in total. The van der Waals surface area contributed by atoms with Crippen molar-refractivity contribution in [1.29, 1.82) is 0 Å². The van der Waals surface area contributed by atoms with Crippen molar-refractivity contribution in [1.82, 2.24) is 14.7 Å². The van der Waals surface area contributed by atoms with Gasteiger partial charge in [-0.25, -0.2) is 17.9 Å². The van der Waals surface area contributed by atoms with E-state index in [1.54, 1.807) is 24.5 Å². The maximum Gasteiger partial charge on any atom is 0.417 e. The molecular formula is C13H11N3O4S. The van der Waals surface area contributed by atoms with E-state index in [9.17, 15) is 13.2 Å². The number of oxazole rings is 1. The van der Waals surface area contributed by atoms with Crippen LogP contribution in [0.5, 0.6) is 0 Å². The lowest BCUT2D eigenvalue weighted by Crippen LogP contribution is -2.23. The van der Waals surface area contributed by atoms with Crippen LogP contribution in [0.25, 0.3) is 11.1 Å². The molecule has 0 saturated heterocycles. The molecule has 0 fully saturated rings. The fourth-order valence-corrected chi connectivity index (χ4v) is 2.90. The molecule has 21 heavy (non-hydrogen) atoms. The normalized spacial score (nSPS) is 11.8. The highest BCUT2D eigenvalue weighted by Gasteiger charge is 2.15. The first kappa shape index (κ1) is 13.5. The van der Waals surface area contributed by atoms with E-state index in [1.807, 2.05) is 0 Å². The van der Waals surface area contributed by atoms with Crippen LogP contribution < -0.4 is 10.5 Å². The number of hydrogen-bond acceptors (Lipinski definition) is 5. The summed E-state index contributed by atoms with van der Waals surface area (Å²) in [6, 6.07) is 7.62. The van der Waals surface area contributed by atoms with Crippen molar-refractivity contribution >= 4 is 21.1 Å². The van der Waals surface area contributed by atoms with E-state index in [-0.39, 0.29) is 11.4 Å². The van der Waals surface area contributed by atoms with Crippen LogP contribution in [-0.4, -0.2) is 18.4 Å². The Bertz CT molecular complexity index is 929. The van der Waals surface area contributed by atoms with Gasteiger partial charge < -0.3 is 4.42 Å². The van der Waals surface area contributed by atoms with Crippen LogP contribution in [0.3, 0.4) is 0 Å². The van der Waals surface area contributed by atoms with Gasteiger partial charge in [-0.3, -0.25) is 9.97 Å². The van der Waals surface area contributed by atoms with Crippen LogP contribution in [0.15, 0.2) is 56.8 Å². The van der Waals surface area contributed by atoms with Gasteiger partial charge in [-0.1, -0.05) is 0 Å². The first-order valence-corrected chi connectivity index (χ1v) is 7.54. The molecule has 0 saturated carbocycles. The molecule has 3 aromatic rings. The monoisotopic (exact) mass is 305 g/mol. The Morgan fingerprint density at radius 1 is 1.19 bits per heavy atom. The van der Waals surface area contributed by atoms with Gasteiger partial charge in [-0.05, 0) is 35.9 Å². The molecule has 0 aliphatic heterocycles. The molecule has 0 bridgehead atoms. The summed E-state index contributed by atoms with van der Waals surface area (Å²) in [6.07, 6.45) is 3.18. The topological polar surface area (TPSA) is 105 Å². The van der Waals surface area contributed by atoms with E-state index >= 15 is 0 Å². The Labute approximate surface area is 119 Å². The number of aromatic nitrogens is 2. The number of sulfonamides is 1. The summed E-state index contributed by atoms with van der Waals surface area (Å²) >= 11 is 0. The molecule has 1 aromatic carbocycles. The first-order valence-electron chi connectivity index (χ1n) is 6.06. The first-order chi connectivity index (χ1) is 10.0. The molecule has 0 amide bonds. The number of hydrogen-bond donors (Lipinski definition) is 2. The molecule has 0 spiro atoms. The Balaban J connectivity index is 1.87. The number of benzene rings is 1. The zero-order valence-electron chi connectivity index (χ0n) is 10.7. The number of rotatable bonds is 4. The highest BCUT2D eigenvalue weighted by atomic mass is 32.2. The van der Waals surface area contributed by atoms with E-state index in [1.165, 1.54) is 18.2 Å². The Kier molecular flexibility index (Phi) is 3.32. The van der Waals surface area contributed by atoms with Crippen LogP contribution in [0.2, 0.25) is 0 Å². The van der Waals surface area contributed by atoms with Crippen LogP contribution in [0, 0.1) is 0 Å². The van der Waals surface area contributed by atoms with Crippen molar-refractivity contribution in [2.75, 3.05) is 0 Å². The van der Waals surface area contributed by atoms with Crippen molar-refractivity contribution in [3.63, 3.8) is 0 Å². The zero-order chi connectivity index (χ0) is 14.9. The molecule has 2 aromatic heterocycles. The Morgan fingerprint density at radius 2 is 1.95 bits per heavy atom. The van der Waals surface area contributed by atoms with E-state index in [2.05, 4.69) is 14.7 Å². The molecule has 2 heterocycles. The number of aromatic amines is 1. The molecule has 8 heteroatoms. The average molecular weight is 305 g/mol. The summed E-state index contributed by atoms with van der Waals surface area (Å²) in [7, 11) is -3.67. The second-order valence-electron chi connectivity index (χ2n) is 4.35. The molecule has 0 aliphatic rings. The Morgan fingerprint density at radius 3 is 2.71 bits per heavy atom. The Hall–Kier alpha value is -2.45. The largest absolute Gasteiger partial charge is 0.417 e. The molecule has 108 valence electrons. The predicted molar refractivity (Wildman–Crippen MR) is 75.1 cm³/mol. The highest BCUT2D eigenvalue weighted by molar-refractivity contribution is 7.89. The minimum Gasteiger partial charge on any atom is -0.408 e. The number of pyridine rings is 1. The second-order valence-corrected chi connectivity index (χ2v) is 6.12. The fourth-order valence-electron chi connectivity index (χ4n) is 1.86. The van der Waals surface area contributed by atoms with E-state index in [4.69, 9.17) is 4.42 Å². The minimum absolute atomic E-state index is 0.0566. The standard InChI is InChI=1S/C13H11N3O4S/c17-13-16-11-7-10(1-2-12(11)20-13)21(18,19)15-8-9-3-5-14-6-4-9/h1-7,15H,8H2,(H,16,17). The van der Waals surface area contributed by atoms with Gasteiger partial charge in [0.25, 0.3) is 0 Å². The van der Waals surface area contributed by atoms with Gasteiger partial charge in [0.1, 0.15) is 0 Å². The van der Waals surface area contributed by atoms with Crippen LogP contribution in [0.1, 0.15) is 5.56 Å². The summed E-state index contributed by atoms with van der Waals surface area (Å²) < 4.78 is 31.7. The number of nitrogens with one attached hydrogen (secondary N) is 2. The number of nitrogens with zero attached hydrogens (tertiary/aromatic N) is 1. The maximum absolute atomic E-state index is 12.2. The maximum atomic E-state index is 12.2. The quantitative estimate of drug-likeness (QED) is 0.748. The molecule has 0 radical (unpaired) electrons. The van der Waals surface area contributed by atoms with Gasteiger partial charge in [-0.15, -0.1) is 0 Å². The molecular weight excluding hydrogens is 294 g/mol. The van der Waals surface area contributed by atoms with Crippen LogP contribution >= 0.6 is 0 Å². The molecule has 0 aliphatic carbocycles. The van der Waals surface area contributed by atoms with E-state index in [0.29, 0.717) is 11.1 Å². The number of H-pyrrole nitrogens is 1. The number of fused-ring (bicyclic) bond motifs is 1. The highest BCUT2D eigenvalue weighted by Crippen LogP contribution is 2.16. The lowest BCUT2D eigenvalue weighted by atomic mass is 10.3. The van der Waals surface area contributed by atoms with Gasteiger partial charge in [-0.2, -0.15) is 0 Å². The summed E-state index contributed by atoms with van der Waals surface area (Å²) in [5, 5.41) is 0. The van der Waals surface area contributed by atoms with Crippen molar-refractivity contribution < 1.29 is 12.8 Å². The van der Waals surface area contributed by atoms with Crippen molar-refractivity contribution in [2.45, 2.75) is 11.4 Å². The summed E-state index contributed by atoms with van der Waals surface area (Å²) in [5.74, 6) is -0.621. The summed E-state index contributed by atoms with van der Waals surface area (Å²) in [6.45, 7) is 0.158. The molecule has 2 N–H and O–H groups in total. The molecule has 0 unspecified atom stereocenters. The lowest BCUT2D eigenvalue weighted by molar-refractivity contribution is 0.555. The smallest absolute Gasteiger partial charge is 0.408 e. The average Bonchev–Trinajstić information content (AvgIpc) is 2.85. The SMILES string of the molecule is O=c1[nH]c2cc(S(=O)(=O)NCc3ccncc3)ccc2o1. The van der Waals surface area contributed by atoms with Crippen LogP contribution in [-0.2, 0) is 16.6 Å². The lowest BCUT2D eigenvalue weighted by Gasteiger charge is -2.06. The second kappa shape index (κ2) is 5.15. The predicted octanol–water partition coefficient (Wildman–Crippen LogP) is 0.995. The van der Waals surface area contributed by atoms with Gasteiger partial charge >= 0.3 is 5.76 Å². The summed E-state index contributed by atoms with van der Waals surface area (Å²) in [4.78, 5) is 17.4.